The van der Waals surface area contributed by atoms with Crippen LogP contribution in [0.1, 0.15) is 19.4 Å². The normalized spacial score (nSPS) is 17.4. The number of urea groups is 1. The molecular weight excluding hydrogens is 298 g/mol. The second-order valence-corrected chi connectivity index (χ2v) is 5.72. The van der Waals surface area contributed by atoms with E-state index in [2.05, 4.69) is 10.6 Å². The van der Waals surface area contributed by atoms with Gasteiger partial charge in [0.2, 0.25) is 5.91 Å². The number of rotatable bonds is 6. The zero-order chi connectivity index (χ0) is 17.0. The van der Waals surface area contributed by atoms with Crippen LogP contribution in [0.25, 0.3) is 0 Å². The molecule has 124 valence electrons. The van der Waals surface area contributed by atoms with E-state index >= 15 is 0 Å². The van der Waals surface area contributed by atoms with E-state index in [1.165, 1.54) is 0 Å². The fourth-order valence-corrected chi connectivity index (χ4v) is 2.29. The van der Waals surface area contributed by atoms with Gasteiger partial charge in [0.15, 0.2) is 0 Å². The van der Waals surface area contributed by atoms with E-state index < -0.39 is 12.1 Å². The molecule has 0 radical (unpaired) electrons. The second kappa shape index (κ2) is 7.13. The Balaban J connectivity index is 1.87. The van der Waals surface area contributed by atoms with Gasteiger partial charge in [0.25, 0.3) is 5.91 Å². The Morgan fingerprint density at radius 1 is 1.30 bits per heavy atom. The number of amides is 4. The van der Waals surface area contributed by atoms with E-state index in [9.17, 15) is 14.4 Å². The average molecular weight is 319 g/mol. The highest BCUT2D eigenvalue weighted by molar-refractivity contribution is 6.06. The Hall–Kier alpha value is -2.57. The summed E-state index contributed by atoms with van der Waals surface area (Å²) in [6, 6.07) is 6.19. The molecule has 23 heavy (non-hydrogen) atoms. The lowest BCUT2D eigenvalue weighted by Gasteiger charge is -2.14. The zero-order valence-electron chi connectivity index (χ0n) is 13.5. The van der Waals surface area contributed by atoms with Crippen molar-refractivity contribution in [2.45, 2.75) is 26.4 Å². The second-order valence-electron chi connectivity index (χ2n) is 5.72. The first-order valence-electron chi connectivity index (χ1n) is 7.44. The van der Waals surface area contributed by atoms with Crippen LogP contribution >= 0.6 is 0 Å². The van der Waals surface area contributed by atoms with Gasteiger partial charge in [-0.15, -0.1) is 0 Å². The van der Waals surface area contributed by atoms with Crippen molar-refractivity contribution in [3.63, 3.8) is 0 Å². The minimum atomic E-state index is -0.558. The van der Waals surface area contributed by atoms with Crippen LogP contribution in [-0.2, 0) is 16.1 Å². The van der Waals surface area contributed by atoms with Gasteiger partial charge >= 0.3 is 6.03 Å². The van der Waals surface area contributed by atoms with Crippen LogP contribution < -0.4 is 15.4 Å². The number of carbonyl (C=O) groups excluding carboxylic acids is 3. The summed E-state index contributed by atoms with van der Waals surface area (Å²) in [6.07, 6.45) is 0. The van der Waals surface area contributed by atoms with Crippen molar-refractivity contribution in [1.82, 2.24) is 15.5 Å². The van der Waals surface area contributed by atoms with Crippen molar-refractivity contribution < 1.29 is 19.1 Å². The summed E-state index contributed by atoms with van der Waals surface area (Å²) in [7, 11) is 1.58. The number of carbonyl (C=O) groups is 3. The first-order valence-corrected chi connectivity index (χ1v) is 7.44. The first kappa shape index (κ1) is 16.8. The van der Waals surface area contributed by atoms with Crippen molar-refractivity contribution in [2.75, 3.05) is 13.7 Å². The summed E-state index contributed by atoms with van der Waals surface area (Å²) in [5, 5.41) is 5.28. The topological polar surface area (TPSA) is 87.7 Å². The van der Waals surface area contributed by atoms with Gasteiger partial charge in [-0.2, -0.15) is 0 Å². The maximum absolute atomic E-state index is 12.1. The van der Waals surface area contributed by atoms with Gasteiger partial charge in [-0.3, -0.25) is 14.5 Å². The Morgan fingerprint density at radius 3 is 2.48 bits per heavy atom. The van der Waals surface area contributed by atoms with Crippen molar-refractivity contribution in [2.24, 2.45) is 5.92 Å². The third kappa shape index (κ3) is 4.00. The Labute approximate surface area is 135 Å². The van der Waals surface area contributed by atoms with E-state index in [4.69, 9.17) is 4.74 Å². The molecule has 0 saturated carbocycles. The number of ether oxygens (including phenoxy) is 1. The maximum atomic E-state index is 12.1. The standard InChI is InChI=1S/C16H21N3O4/c1-10(2)14-15(21)19(16(22)18-14)9-13(20)17-8-11-4-6-12(23-3)7-5-11/h4-7,10,14H,8-9H2,1-3H3,(H,17,20)(H,18,22)/t14-/m0/s1. The molecule has 0 spiro atoms. The van der Waals surface area contributed by atoms with Gasteiger partial charge in [0.05, 0.1) is 7.11 Å². The highest BCUT2D eigenvalue weighted by Crippen LogP contribution is 2.13. The molecular formula is C16H21N3O4. The molecule has 1 saturated heterocycles. The molecule has 0 aromatic heterocycles. The summed E-state index contributed by atoms with van der Waals surface area (Å²) >= 11 is 0. The molecule has 0 aliphatic carbocycles. The predicted molar refractivity (Wildman–Crippen MR) is 83.7 cm³/mol. The highest BCUT2D eigenvalue weighted by Gasteiger charge is 2.40. The molecule has 1 heterocycles. The molecule has 2 rings (SSSR count). The van der Waals surface area contributed by atoms with Crippen LogP contribution in [0.4, 0.5) is 4.79 Å². The third-order valence-electron chi connectivity index (χ3n) is 3.67. The van der Waals surface area contributed by atoms with Gasteiger partial charge in [-0.1, -0.05) is 26.0 Å². The summed E-state index contributed by atoms with van der Waals surface area (Å²) in [4.78, 5) is 36.8. The zero-order valence-corrected chi connectivity index (χ0v) is 13.5. The molecule has 1 aromatic rings. The minimum Gasteiger partial charge on any atom is -0.497 e. The quantitative estimate of drug-likeness (QED) is 0.762. The molecule has 4 amide bonds. The lowest BCUT2D eigenvalue weighted by atomic mass is 10.1. The molecule has 7 heteroatoms. The van der Waals surface area contributed by atoms with Crippen LogP contribution in [0.5, 0.6) is 5.75 Å². The lowest BCUT2D eigenvalue weighted by Crippen LogP contribution is -2.41. The van der Waals surface area contributed by atoms with E-state index in [1.807, 2.05) is 26.0 Å². The summed E-state index contributed by atoms with van der Waals surface area (Å²) < 4.78 is 5.06. The summed E-state index contributed by atoms with van der Waals surface area (Å²) in [5.74, 6) is -0.0173. The number of methoxy groups -OCH3 is 1. The Bertz CT molecular complexity index is 598. The average Bonchev–Trinajstić information content (AvgIpc) is 2.81. The summed E-state index contributed by atoms with van der Waals surface area (Å²) in [5.41, 5.74) is 0.899. The molecule has 0 unspecified atom stereocenters. The monoisotopic (exact) mass is 319 g/mol. The molecule has 1 fully saturated rings. The fraction of sp³-hybridized carbons (Fsp3) is 0.438. The van der Waals surface area contributed by atoms with E-state index in [0.717, 1.165) is 16.2 Å². The van der Waals surface area contributed by atoms with Crippen molar-refractivity contribution in [3.8, 4) is 5.75 Å². The number of benzene rings is 1. The summed E-state index contributed by atoms with van der Waals surface area (Å²) in [6.45, 7) is 3.73. The van der Waals surface area contributed by atoms with Gasteiger partial charge in [-0.25, -0.2) is 4.79 Å². The van der Waals surface area contributed by atoms with Crippen LogP contribution in [0, 0.1) is 5.92 Å². The molecule has 0 bridgehead atoms. The Morgan fingerprint density at radius 2 is 1.96 bits per heavy atom. The molecule has 2 N–H and O–H groups in total. The number of imide groups is 1. The van der Waals surface area contributed by atoms with Crippen LogP contribution in [0.3, 0.4) is 0 Å². The number of nitrogens with zero attached hydrogens (tertiary/aromatic N) is 1. The molecule has 1 aliphatic heterocycles. The number of hydrogen-bond donors (Lipinski definition) is 2. The maximum Gasteiger partial charge on any atom is 0.325 e. The van der Waals surface area contributed by atoms with Gasteiger partial charge in [-0.05, 0) is 23.6 Å². The van der Waals surface area contributed by atoms with Gasteiger partial charge < -0.3 is 15.4 Å². The van der Waals surface area contributed by atoms with E-state index in [1.54, 1.807) is 19.2 Å². The first-order chi connectivity index (χ1) is 10.9. The SMILES string of the molecule is COc1ccc(CNC(=O)CN2C(=O)N[C@@H](C(C)C)C2=O)cc1. The largest absolute Gasteiger partial charge is 0.497 e. The fourth-order valence-electron chi connectivity index (χ4n) is 2.29. The van der Waals surface area contributed by atoms with Gasteiger partial charge in [0, 0.05) is 6.54 Å². The smallest absolute Gasteiger partial charge is 0.325 e. The highest BCUT2D eigenvalue weighted by atomic mass is 16.5. The molecule has 1 atom stereocenters. The van der Waals surface area contributed by atoms with E-state index in [-0.39, 0.29) is 24.3 Å². The van der Waals surface area contributed by atoms with Gasteiger partial charge in [0.1, 0.15) is 18.3 Å². The third-order valence-corrected chi connectivity index (χ3v) is 3.67. The van der Waals surface area contributed by atoms with Crippen LogP contribution in [-0.4, -0.2) is 42.4 Å². The lowest BCUT2D eigenvalue weighted by molar-refractivity contribution is -0.132. The van der Waals surface area contributed by atoms with E-state index in [0.29, 0.717) is 6.54 Å². The molecule has 1 aromatic carbocycles. The predicted octanol–water partition coefficient (Wildman–Crippen LogP) is 0.888. The van der Waals surface area contributed by atoms with Crippen LogP contribution in [0.15, 0.2) is 24.3 Å². The minimum absolute atomic E-state index is 0.0150. The Kier molecular flexibility index (Phi) is 5.20. The van der Waals surface area contributed by atoms with Crippen molar-refractivity contribution in [3.05, 3.63) is 29.8 Å². The number of hydrogen-bond acceptors (Lipinski definition) is 4. The molecule has 7 nitrogen and oxygen atoms in total. The molecule has 1 aliphatic rings. The number of nitrogens with one attached hydrogen (secondary N) is 2. The van der Waals surface area contributed by atoms with Crippen LogP contribution in [0.2, 0.25) is 0 Å². The van der Waals surface area contributed by atoms with Crippen molar-refractivity contribution >= 4 is 17.8 Å². The van der Waals surface area contributed by atoms with Crippen molar-refractivity contribution in [1.29, 1.82) is 0 Å².